The molecule has 2 heterocycles. The monoisotopic (exact) mass is 444 g/mol. The summed E-state index contributed by atoms with van der Waals surface area (Å²) < 4.78 is 12.5. The van der Waals surface area contributed by atoms with E-state index in [-0.39, 0.29) is 23.2 Å². The van der Waals surface area contributed by atoms with E-state index in [1.807, 2.05) is 0 Å². The quantitative estimate of drug-likeness (QED) is 0.309. The number of Topliss-reactive ketones (excluding diaryl/α,β-unsaturated/α-hetero) is 1. The van der Waals surface area contributed by atoms with Crippen LogP contribution in [-0.2, 0) is 11.3 Å². The number of hydrogen-bond donors (Lipinski definition) is 0. The molecule has 1 aromatic heterocycles. The third-order valence-electron chi connectivity index (χ3n) is 5.04. The van der Waals surface area contributed by atoms with Gasteiger partial charge in [0.1, 0.15) is 5.75 Å². The molecule has 6 nitrogen and oxygen atoms in total. The van der Waals surface area contributed by atoms with Gasteiger partial charge in [0, 0.05) is 17.2 Å². The molecule has 0 aliphatic carbocycles. The molecule has 0 saturated carbocycles. The minimum Gasteiger partial charge on any atom is -0.497 e. The van der Waals surface area contributed by atoms with Gasteiger partial charge in [0.05, 0.1) is 36.4 Å². The van der Waals surface area contributed by atoms with Crippen LogP contribution >= 0.6 is 23.4 Å². The first-order valence-electron chi connectivity index (χ1n) is 9.67. The number of halogens is 1. The van der Waals surface area contributed by atoms with Crippen molar-refractivity contribution in [2.75, 3.05) is 19.5 Å². The lowest BCUT2D eigenvalue weighted by Crippen LogP contribution is -2.29. The molecular weight excluding hydrogens is 424 g/mol. The van der Waals surface area contributed by atoms with Crippen LogP contribution in [0.15, 0.2) is 52.4 Å². The van der Waals surface area contributed by atoms with Crippen LogP contribution in [0.4, 0.5) is 0 Å². The molecule has 156 valence electrons. The topological polar surface area (TPSA) is 70.4 Å². The summed E-state index contributed by atoms with van der Waals surface area (Å²) >= 11 is 7.34. The summed E-state index contributed by atoms with van der Waals surface area (Å²) in [6.45, 7) is 1.12. The average molecular weight is 445 g/mol. The minimum absolute atomic E-state index is 0.0223. The molecule has 1 fully saturated rings. The number of nitrogens with zero attached hydrogens (tertiary/aromatic N) is 2. The fourth-order valence-electron chi connectivity index (χ4n) is 3.43. The van der Waals surface area contributed by atoms with Gasteiger partial charge >= 0.3 is 0 Å². The van der Waals surface area contributed by atoms with Gasteiger partial charge in [0.15, 0.2) is 10.9 Å². The van der Waals surface area contributed by atoms with Crippen molar-refractivity contribution in [3.05, 3.63) is 63.4 Å². The summed E-state index contributed by atoms with van der Waals surface area (Å²) in [6.07, 6.45) is 1.86. The van der Waals surface area contributed by atoms with Gasteiger partial charge in [-0.2, -0.15) is 0 Å². The normalized spacial score (nSPS) is 16.1. The van der Waals surface area contributed by atoms with Crippen LogP contribution in [0, 0.1) is 0 Å². The van der Waals surface area contributed by atoms with Crippen LogP contribution in [0.25, 0.3) is 10.9 Å². The molecule has 0 unspecified atom stereocenters. The van der Waals surface area contributed by atoms with Crippen LogP contribution in [0.3, 0.4) is 0 Å². The Morgan fingerprint density at radius 2 is 2.10 bits per heavy atom. The predicted octanol–water partition coefficient (Wildman–Crippen LogP) is 4.21. The Morgan fingerprint density at radius 3 is 2.80 bits per heavy atom. The van der Waals surface area contributed by atoms with E-state index in [9.17, 15) is 9.59 Å². The first kappa shape index (κ1) is 20.9. The van der Waals surface area contributed by atoms with Crippen molar-refractivity contribution in [2.24, 2.45) is 0 Å². The van der Waals surface area contributed by atoms with Gasteiger partial charge in [-0.3, -0.25) is 14.2 Å². The number of methoxy groups -OCH3 is 1. The summed E-state index contributed by atoms with van der Waals surface area (Å²) in [5.41, 5.74) is 0.960. The van der Waals surface area contributed by atoms with Crippen molar-refractivity contribution in [1.29, 1.82) is 0 Å². The lowest BCUT2D eigenvalue weighted by atomic mass is 10.1. The maximum atomic E-state index is 13.1. The molecule has 1 aliphatic rings. The largest absolute Gasteiger partial charge is 0.497 e. The highest BCUT2D eigenvalue weighted by molar-refractivity contribution is 7.99. The molecule has 3 aromatic rings. The van der Waals surface area contributed by atoms with Crippen molar-refractivity contribution in [1.82, 2.24) is 9.55 Å². The second-order valence-electron chi connectivity index (χ2n) is 7.05. The Kier molecular flexibility index (Phi) is 6.41. The summed E-state index contributed by atoms with van der Waals surface area (Å²) in [7, 11) is 1.58. The molecule has 1 saturated heterocycles. The average Bonchev–Trinajstić information content (AvgIpc) is 3.27. The first-order valence-corrected chi connectivity index (χ1v) is 11.0. The molecule has 8 heteroatoms. The highest BCUT2D eigenvalue weighted by Crippen LogP contribution is 2.24. The maximum absolute atomic E-state index is 13.1. The Bertz CT molecular complexity index is 1120. The first-order chi connectivity index (χ1) is 14.5. The molecule has 0 radical (unpaired) electrons. The fraction of sp³-hybridized carbons (Fsp3) is 0.318. The molecule has 0 amide bonds. The predicted molar refractivity (Wildman–Crippen MR) is 118 cm³/mol. The third-order valence-corrected chi connectivity index (χ3v) is 6.25. The van der Waals surface area contributed by atoms with E-state index in [0.717, 1.165) is 12.8 Å². The molecule has 2 aromatic carbocycles. The maximum Gasteiger partial charge on any atom is 0.262 e. The number of benzene rings is 2. The number of rotatable bonds is 7. The highest BCUT2D eigenvalue weighted by Gasteiger charge is 2.21. The zero-order valence-corrected chi connectivity index (χ0v) is 18.0. The Labute approximate surface area is 183 Å². The third kappa shape index (κ3) is 4.53. The van der Waals surface area contributed by atoms with Crippen LogP contribution in [0.1, 0.15) is 23.2 Å². The van der Waals surface area contributed by atoms with Gasteiger partial charge < -0.3 is 9.47 Å². The zero-order valence-electron chi connectivity index (χ0n) is 16.5. The number of fused-ring (bicyclic) bond motifs is 1. The SMILES string of the molecule is COc1ccc(C(=O)CSc2nc3cc(Cl)ccc3c(=O)n2C[C@H]2CCCO2)cc1. The summed E-state index contributed by atoms with van der Waals surface area (Å²) in [4.78, 5) is 30.4. The van der Waals surface area contributed by atoms with Crippen molar-refractivity contribution in [3.8, 4) is 5.75 Å². The van der Waals surface area contributed by atoms with Crippen molar-refractivity contribution < 1.29 is 14.3 Å². The van der Waals surface area contributed by atoms with Gasteiger partial charge in [-0.25, -0.2) is 4.98 Å². The van der Waals surface area contributed by atoms with E-state index in [1.54, 1.807) is 54.1 Å². The highest BCUT2D eigenvalue weighted by atomic mass is 35.5. The summed E-state index contributed by atoms with van der Waals surface area (Å²) in [6, 6.07) is 12.0. The van der Waals surface area contributed by atoms with Crippen molar-refractivity contribution in [2.45, 2.75) is 30.6 Å². The van der Waals surface area contributed by atoms with Gasteiger partial charge in [-0.1, -0.05) is 23.4 Å². The molecule has 0 spiro atoms. The Morgan fingerprint density at radius 1 is 1.30 bits per heavy atom. The number of hydrogen-bond acceptors (Lipinski definition) is 6. The standard InChI is InChI=1S/C22H21ClN2O4S/c1-28-16-7-4-14(5-8-16)20(26)13-30-22-24-19-11-15(23)6-9-18(19)21(27)25(22)12-17-3-2-10-29-17/h4-9,11,17H,2-3,10,12-13H2,1H3/t17-/m1/s1. The number of ether oxygens (including phenoxy) is 2. The Hall–Kier alpha value is -2.35. The van der Waals surface area contributed by atoms with Crippen LogP contribution in [0.5, 0.6) is 5.75 Å². The fourth-order valence-corrected chi connectivity index (χ4v) is 4.50. The van der Waals surface area contributed by atoms with Crippen LogP contribution < -0.4 is 10.3 Å². The second kappa shape index (κ2) is 9.20. The zero-order chi connectivity index (χ0) is 21.1. The molecular formula is C22H21ClN2O4S. The number of ketones is 1. The number of carbonyl (C=O) groups is 1. The van der Waals surface area contributed by atoms with E-state index in [4.69, 9.17) is 21.1 Å². The number of aromatic nitrogens is 2. The molecule has 30 heavy (non-hydrogen) atoms. The lowest BCUT2D eigenvalue weighted by molar-refractivity contribution is 0.0937. The lowest BCUT2D eigenvalue weighted by Gasteiger charge is -2.16. The minimum atomic E-state index is -0.147. The summed E-state index contributed by atoms with van der Waals surface area (Å²) in [5, 5.41) is 1.51. The second-order valence-corrected chi connectivity index (χ2v) is 8.43. The summed E-state index contributed by atoms with van der Waals surface area (Å²) in [5.74, 6) is 0.806. The van der Waals surface area contributed by atoms with Gasteiger partial charge in [-0.05, 0) is 55.3 Å². The molecule has 1 aliphatic heterocycles. The van der Waals surface area contributed by atoms with E-state index < -0.39 is 0 Å². The van der Waals surface area contributed by atoms with Crippen molar-refractivity contribution in [3.63, 3.8) is 0 Å². The Balaban J connectivity index is 1.63. The molecule has 1 atom stereocenters. The molecule has 0 N–H and O–H groups in total. The number of thioether (sulfide) groups is 1. The van der Waals surface area contributed by atoms with Gasteiger partial charge in [0.2, 0.25) is 0 Å². The van der Waals surface area contributed by atoms with Gasteiger partial charge in [-0.15, -0.1) is 0 Å². The van der Waals surface area contributed by atoms with Crippen LogP contribution in [-0.4, -0.2) is 40.9 Å². The van der Waals surface area contributed by atoms with Crippen LogP contribution in [0.2, 0.25) is 5.02 Å². The van der Waals surface area contributed by atoms with E-state index in [2.05, 4.69) is 4.98 Å². The number of carbonyl (C=O) groups excluding carboxylic acids is 1. The molecule has 0 bridgehead atoms. The van der Waals surface area contributed by atoms with E-state index >= 15 is 0 Å². The van der Waals surface area contributed by atoms with E-state index in [0.29, 0.717) is 45.5 Å². The smallest absolute Gasteiger partial charge is 0.262 e. The van der Waals surface area contributed by atoms with Crippen molar-refractivity contribution >= 4 is 40.0 Å². The van der Waals surface area contributed by atoms with Gasteiger partial charge in [0.25, 0.3) is 5.56 Å². The molecule has 4 rings (SSSR count). The van der Waals surface area contributed by atoms with E-state index in [1.165, 1.54) is 11.8 Å².